The molecule has 72 valence electrons. The molecule has 0 saturated carbocycles. The van der Waals surface area contributed by atoms with E-state index in [0.29, 0.717) is 0 Å². The van der Waals surface area contributed by atoms with Gasteiger partial charge in [-0.3, -0.25) is 0 Å². The van der Waals surface area contributed by atoms with E-state index in [0.717, 1.165) is 12.1 Å². The fraction of sp³-hybridized carbons (Fsp3) is 0.286. The maximum Gasteiger partial charge on any atom is 0.419 e. The maximum absolute atomic E-state index is 12.1. The predicted octanol–water partition coefficient (Wildman–Crippen LogP) is 1.17. The van der Waals surface area contributed by atoms with Gasteiger partial charge in [0.15, 0.2) is 0 Å². The average Bonchev–Trinajstić information content (AvgIpc) is 2.01. The van der Waals surface area contributed by atoms with Crippen molar-refractivity contribution in [2.24, 2.45) is 0 Å². The van der Waals surface area contributed by atoms with E-state index in [2.05, 4.69) is 4.98 Å². The summed E-state index contributed by atoms with van der Waals surface area (Å²) < 4.78 is 36.3. The Bertz CT molecular complexity index is 311. The summed E-state index contributed by atoms with van der Waals surface area (Å²) in [6.07, 6.45) is -4.49. The number of aliphatic hydroxyl groups is 1. The molecule has 3 N–H and O–H groups in total. The Balaban J connectivity index is 3.13. The lowest BCUT2D eigenvalue weighted by Gasteiger charge is -2.09. The van der Waals surface area contributed by atoms with Gasteiger partial charge in [-0.25, -0.2) is 4.98 Å². The second-order valence-corrected chi connectivity index (χ2v) is 2.39. The molecule has 0 aliphatic rings. The van der Waals surface area contributed by atoms with Crippen LogP contribution in [0.25, 0.3) is 0 Å². The zero-order valence-electron chi connectivity index (χ0n) is 6.47. The fourth-order valence-corrected chi connectivity index (χ4v) is 0.845. The van der Waals surface area contributed by atoms with Crippen LogP contribution in [0.2, 0.25) is 0 Å². The van der Waals surface area contributed by atoms with Crippen LogP contribution in [0.15, 0.2) is 12.1 Å². The van der Waals surface area contributed by atoms with Gasteiger partial charge in [0.05, 0.1) is 17.9 Å². The number of aromatic nitrogens is 1. The minimum atomic E-state index is -4.49. The van der Waals surface area contributed by atoms with Gasteiger partial charge in [-0.2, -0.15) is 13.2 Å². The molecule has 0 radical (unpaired) electrons. The van der Waals surface area contributed by atoms with Gasteiger partial charge in [0.1, 0.15) is 5.82 Å². The van der Waals surface area contributed by atoms with E-state index in [-0.39, 0.29) is 5.69 Å². The molecule has 0 aromatic carbocycles. The first-order chi connectivity index (χ1) is 5.95. The lowest BCUT2D eigenvalue weighted by molar-refractivity contribution is -0.137. The minimum absolute atomic E-state index is 0.116. The Morgan fingerprint density at radius 1 is 1.38 bits per heavy atom. The second kappa shape index (κ2) is 3.21. The van der Waals surface area contributed by atoms with Gasteiger partial charge in [0.25, 0.3) is 0 Å². The molecule has 0 unspecified atom stereocenters. The van der Waals surface area contributed by atoms with Crippen LogP contribution >= 0.6 is 0 Å². The minimum Gasteiger partial charge on any atom is -0.390 e. The normalized spacial score (nSPS) is 11.7. The highest BCUT2D eigenvalue weighted by Crippen LogP contribution is 2.32. The van der Waals surface area contributed by atoms with Gasteiger partial charge >= 0.3 is 6.18 Å². The van der Waals surface area contributed by atoms with Crippen LogP contribution < -0.4 is 5.73 Å². The zero-order chi connectivity index (χ0) is 10.1. The lowest BCUT2D eigenvalue weighted by Crippen LogP contribution is -2.11. The number of nitrogen functional groups attached to an aromatic ring is 1. The molecule has 0 fully saturated rings. The number of hydrogen-bond donors (Lipinski definition) is 2. The van der Waals surface area contributed by atoms with Crippen molar-refractivity contribution < 1.29 is 18.3 Å². The Labute approximate surface area is 72.0 Å². The first kappa shape index (κ1) is 9.79. The Morgan fingerprint density at radius 3 is 2.38 bits per heavy atom. The van der Waals surface area contributed by atoms with Crippen LogP contribution in [0.3, 0.4) is 0 Å². The maximum atomic E-state index is 12.1. The SMILES string of the molecule is Nc1nc(CO)ccc1C(F)(F)F. The second-order valence-electron chi connectivity index (χ2n) is 2.39. The average molecular weight is 192 g/mol. The third-order valence-corrected chi connectivity index (χ3v) is 1.45. The summed E-state index contributed by atoms with van der Waals surface area (Å²) in [4.78, 5) is 3.37. The molecular weight excluding hydrogens is 185 g/mol. The smallest absolute Gasteiger partial charge is 0.390 e. The largest absolute Gasteiger partial charge is 0.419 e. The predicted molar refractivity (Wildman–Crippen MR) is 39.6 cm³/mol. The van der Waals surface area contributed by atoms with Crippen molar-refractivity contribution in [2.45, 2.75) is 12.8 Å². The van der Waals surface area contributed by atoms with Gasteiger partial charge in [0.2, 0.25) is 0 Å². The zero-order valence-corrected chi connectivity index (χ0v) is 6.47. The van der Waals surface area contributed by atoms with Crippen LogP contribution in [-0.2, 0) is 12.8 Å². The van der Waals surface area contributed by atoms with Crippen molar-refractivity contribution in [3.63, 3.8) is 0 Å². The third kappa shape index (κ3) is 2.09. The summed E-state index contributed by atoms with van der Waals surface area (Å²) in [5, 5.41) is 8.56. The summed E-state index contributed by atoms with van der Waals surface area (Å²) >= 11 is 0. The molecule has 0 spiro atoms. The van der Waals surface area contributed by atoms with Crippen LogP contribution in [0.1, 0.15) is 11.3 Å². The molecule has 1 aromatic heterocycles. The molecule has 0 amide bonds. The van der Waals surface area contributed by atoms with Gasteiger partial charge in [-0.05, 0) is 12.1 Å². The lowest BCUT2D eigenvalue weighted by atomic mass is 10.2. The molecule has 6 heteroatoms. The Hall–Kier alpha value is -1.30. The number of nitrogens with zero attached hydrogens (tertiary/aromatic N) is 1. The number of alkyl halides is 3. The number of aliphatic hydroxyl groups excluding tert-OH is 1. The van der Waals surface area contributed by atoms with E-state index in [1.54, 1.807) is 0 Å². The van der Waals surface area contributed by atoms with Crippen LogP contribution in [0.5, 0.6) is 0 Å². The summed E-state index contributed by atoms with van der Waals surface area (Å²) in [5.41, 5.74) is 4.18. The molecule has 0 saturated heterocycles. The number of rotatable bonds is 1. The summed E-state index contributed by atoms with van der Waals surface area (Å²) in [6, 6.07) is 1.88. The quantitative estimate of drug-likeness (QED) is 0.702. The van der Waals surface area contributed by atoms with Crippen LogP contribution in [0.4, 0.5) is 19.0 Å². The number of nitrogens with two attached hydrogens (primary N) is 1. The fourth-order valence-electron chi connectivity index (χ4n) is 0.845. The molecule has 0 aliphatic carbocycles. The van der Waals surface area contributed by atoms with Crippen molar-refractivity contribution in [1.29, 1.82) is 0 Å². The van der Waals surface area contributed by atoms with Crippen molar-refractivity contribution in [2.75, 3.05) is 5.73 Å². The van der Waals surface area contributed by atoms with Crippen molar-refractivity contribution in [3.05, 3.63) is 23.4 Å². The molecule has 3 nitrogen and oxygen atoms in total. The number of hydrogen-bond acceptors (Lipinski definition) is 3. The van der Waals surface area contributed by atoms with Gasteiger partial charge < -0.3 is 10.8 Å². The van der Waals surface area contributed by atoms with Crippen molar-refractivity contribution >= 4 is 5.82 Å². The molecule has 0 bridgehead atoms. The molecule has 0 atom stereocenters. The molecule has 0 aliphatic heterocycles. The van der Waals surface area contributed by atoms with Crippen LogP contribution in [-0.4, -0.2) is 10.1 Å². The van der Waals surface area contributed by atoms with E-state index in [1.165, 1.54) is 0 Å². The van der Waals surface area contributed by atoms with E-state index in [9.17, 15) is 13.2 Å². The van der Waals surface area contributed by atoms with E-state index < -0.39 is 24.2 Å². The van der Waals surface area contributed by atoms with E-state index in [1.807, 2.05) is 0 Å². The van der Waals surface area contributed by atoms with Gasteiger partial charge in [-0.15, -0.1) is 0 Å². The monoisotopic (exact) mass is 192 g/mol. The summed E-state index contributed by atoms with van der Waals surface area (Å²) in [6.45, 7) is -0.428. The van der Waals surface area contributed by atoms with Gasteiger partial charge in [0, 0.05) is 0 Å². The number of halogens is 3. The van der Waals surface area contributed by atoms with Gasteiger partial charge in [-0.1, -0.05) is 0 Å². The first-order valence-corrected chi connectivity index (χ1v) is 3.38. The van der Waals surface area contributed by atoms with Crippen LogP contribution in [0, 0.1) is 0 Å². The molecule has 1 rings (SSSR count). The molecular formula is C7H7F3N2O. The summed E-state index contributed by atoms with van der Waals surface area (Å²) in [5.74, 6) is -0.612. The summed E-state index contributed by atoms with van der Waals surface area (Å²) in [7, 11) is 0. The topological polar surface area (TPSA) is 59.1 Å². The number of pyridine rings is 1. The highest BCUT2D eigenvalue weighted by atomic mass is 19.4. The first-order valence-electron chi connectivity index (χ1n) is 3.38. The Kier molecular flexibility index (Phi) is 2.42. The Morgan fingerprint density at radius 2 is 2.00 bits per heavy atom. The number of anilines is 1. The highest BCUT2D eigenvalue weighted by molar-refractivity contribution is 5.42. The standard InChI is InChI=1S/C7H7F3N2O/c8-7(9,10)5-2-1-4(3-13)12-6(5)11/h1-2,13H,3H2,(H2,11,12). The molecule has 1 heterocycles. The van der Waals surface area contributed by atoms with Crippen molar-refractivity contribution in [1.82, 2.24) is 4.98 Å². The van der Waals surface area contributed by atoms with E-state index in [4.69, 9.17) is 10.8 Å². The third-order valence-electron chi connectivity index (χ3n) is 1.45. The molecule has 1 aromatic rings. The van der Waals surface area contributed by atoms with E-state index >= 15 is 0 Å². The van der Waals surface area contributed by atoms with Crippen molar-refractivity contribution in [3.8, 4) is 0 Å². The highest BCUT2D eigenvalue weighted by Gasteiger charge is 2.33. The molecule has 13 heavy (non-hydrogen) atoms.